The van der Waals surface area contributed by atoms with E-state index in [0.29, 0.717) is 0 Å². The third kappa shape index (κ3) is 7.24. The molecule has 2 nitrogen and oxygen atoms in total. The van der Waals surface area contributed by atoms with E-state index in [1.165, 1.54) is 25.3 Å². The number of hydrogen-bond donors (Lipinski definition) is 1. The van der Waals surface area contributed by atoms with Gasteiger partial charge >= 0.3 is 5.97 Å². The van der Waals surface area contributed by atoms with Crippen LogP contribution in [0, 0.1) is 0 Å². The summed E-state index contributed by atoms with van der Waals surface area (Å²) in [4.78, 5) is 10.6. The van der Waals surface area contributed by atoms with Crippen molar-refractivity contribution in [2.75, 3.05) is 0 Å². The minimum Gasteiger partial charge on any atom is -0.478 e. The van der Waals surface area contributed by atoms with Crippen LogP contribution in [0.2, 0.25) is 0 Å². The van der Waals surface area contributed by atoms with Crippen molar-refractivity contribution in [3.8, 4) is 0 Å². The Morgan fingerprint density at radius 1 is 1.11 bits per heavy atom. The highest BCUT2D eigenvalue weighted by Gasteiger charge is 1.97. The highest BCUT2D eigenvalue weighted by molar-refractivity contribution is 5.80. The first-order valence-corrected chi connectivity index (χ1v) is 6.89. The minimum absolute atomic E-state index is 0.896. The fourth-order valence-corrected chi connectivity index (χ4v) is 1.90. The summed E-state index contributed by atoms with van der Waals surface area (Å²) in [5.41, 5.74) is 2.19. The molecule has 0 saturated heterocycles. The molecule has 2 heteroatoms. The maximum atomic E-state index is 10.6. The van der Waals surface area contributed by atoms with Gasteiger partial charge in [-0.15, -0.1) is 0 Å². The Labute approximate surface area is 115 Å². The van der Waals surface area contributed by atoms with Crippen molar-refractivity contribution in [3.05, 3.63) is 53.6 Å². The van der Waals surface area contributed by atoms with Crippen LogP contribution in [0.25, 0.3) is 6.08 Å². The van der Waals surface area contributed by atoms with Crippen LogP contribution in [-0.2, 0) is 4.79 Å². The molecule has 19 heavy (non-hydrogen) atoms. The molecular weight excluding hydrogens is 236 g/mol. The molecule has 0 amide bonds. The van der Waals surface area contributed by atoms with Crippen LogP contribution >= 0.6 is 0 Å². The standard InChI is InChI=1S/C17H22O2/c1-2-3-4-6-11-16(12-13-17(18)19)14-15-9-7-5-8-10-15/h5,7-10,12-14H,2-4,6,11H2,1H3,(H,18,19)/b13-12?,16-14+. The van der Waals surface area contributed by atoms with E-state index in [1.807, 2.05) is 30.3 Å². The number of allylic oxidation sites excluding steroid dienone is 2. The highest BCUT2D eigenvalue weighted by atomic mass is 16.4. The molecule has 0 bridgehead atoms. The second kappa shape index (κ2) is 9.15. The van der Waals surface area contributed by atoms with Crippen molar-refractivity contribution in [1.29, 1.82) is 0 Å². The molecule has 0 fully saturated rings. The van der Waals surface area contributed by atoms with Gasteiger partial charge in [-0.1, -0.05) is 68.7 Å². The summed E-state index contributed by atoms with van der Waals surface area (Å²) >= 11 is 0. The molecule has 0 atom stereocenters. The van der Waals surface area contributed by atoms with Gasteiger partial charge in [0.05, 0.1) is 0 Å². The summed E-state index contributed by atoms with van der Waals surface area (Å²) in [6.45, 7) is 2.19. The molecule has 0 aromatic heterocycles. The Balaban J connectivity index is 2.68. The van der Waals surface area contributed by atoms with Gasteiger partial charge in [0.1, 0.15) is 0 Å². The van der Waals surface area contributed by atoms with Crippen LogP contribution in [-0.4, -0.2) is 11.1 Å². The van der Waals surface area contributed by atoms with E-state index in [4.69, 9.17) is 5.11 Å². The average molecular weight is 258 g/mol. The summed E-state index contributed by atoms with van der Waals surface area (Å²) in [5.74, 6) is -0.896. The smallest absolute Gasteiger partial charge is 0.328 e. The van der Waals surface area contributed by atoms with Gasteiger partial charge in [-0.25, -0.2) is 4.79 Å². The molecule has 0 saturated carbocycles. The van der Waals surface area contributed by atoms with E-state index in [2.05, 4.69) is 13.0 Å². The summed E-state index contributed by atoms with van der Waals surface area (Å²) in [6.07, 6.45) is 10.7. The lowest BCUT2D eigenvalue weighted by Crippen LogP contribution is -1.88. The number of carbonyl (C=O) groups is 1. The summed E-state index contributed by atoms with van der Waals surface area (Å²) in [7, 11) is 0. The van der Waals surface area contributed by atoms with E-state index in [-0.39, 0.29) is 0 Å². The Morgan fingerprint density at radius 3 is 2.47 bits per heavy atom. The van der Waals surface area contributed by atoms with Crippen molar-refractivity contribution in [2.24, 2.45) is 0 Å². The normalized spacial score (nSPS) is 11.9. The maximum Gasteiger partial charge on any atom is 0.328 e. The SMILES string of the molecule is CCCCCC/C(C=CC(=O)O)=C\c1ccccc1. The monoisotopic (exact) mass is 258 g/mol. The molecule has 102 valence electrons. The van der Waals surface area contributed by atoms with Crippen molar-refractivity contribution < 1.29 is 9.90 Å². The minimum atomic E-state index is -0.896. The fourth-order valence-electron chi connectivity index (χ4n) is 1.90. The van der Waals surface area contributed by atoms with Gasteiger partial charge in [0.2, 0.25) is 0 Å². The van der Waals surface area contributed by atoms with Gasteiger partial charge in [0.15, 0.2) is 0 Å². The Hall–Kier alpha value is -1.83. The van der Waals surface area contributed by atoms with Crippen LogP contribution in [0.5, 0.6) is 0 Å². The van der Waals surface area contributed by atoms with Gasteiger partial charge in [-0.3, -0.25) is 0 Å². The zero-order chi connectivity index (χ0) is 13.9. The van der Waals surface area contributed by atoms with E-state index in [9.17, 15) is 4.79 Å². The number of carboxylic acids is 1. The summed E-state index contributed by atoms with van der Waals surface area (Å²) < 4.78 is 0. The number of hydrogen-bond acceptors (Lipinski definition) is 1. The van der Waals surface area contributed by atoms with E-state index in [1.54, 1.807) is 6.08 Å². The number of aliphatic carboxylic acids is 1. The van der Waals surface area contributed by atoms with Gasteiger partial charge in [-0.2, -0.15) is 0 Å². The molecular formula is C17H22O2. The lowest BCUT2D eigenvalue weighted by atomic mass is 10.0. The summed E-state index contributed by atoms with van der Waals surface area (Å²) in [5, 5.41) is 8.72. The molecule has 0 unspecified atom stereocenters. The van der Waals surface area contributed by atoms with Crippen LogP contribution in [0.1, 0.15) is 44.6 Å². The summed E-state index contributed by atoms with van der Waals surface area (Å²) in [6, 6.07) is 10.0. The first-order chi connectivity index (χ1) is 9.22. The number of carboxylic acid groups (broad SMARTS) is 1. The van der Waals surface area contributed by atoms with Gasteiger partial charge in [-0.05, 0) is 24.0 Å². The van der Waals surface area contributed by atoms with Crippen molar-refractivity contribution in [1.82, 2.24) is 0 Å². The first kappa shape index (κ1) is 15.2. The number of rotatable bonds is 8. The molecule has 1 aromatic rings. The quantitative estimate of drug-likeness (QED) is 0.417. The predicted octanol–water partition coefficient (Wildman–Crippen LogP) is 4.68. The van der Waals surface area contributed by atoms with Crippen molar-refractivity contribution in [2.45, 2.75) is 39.0 Å². The third-order valence-electron chi connectivity index (χ3n) is 2.91. The molecule has 0 heterocycles. The zero-order valence-corrected chi connectivity index (χ0v) is 11.5. The Bertz CT molecular complexity index is 430. The Kier molecular flexibility index (Phi) is 7.33. The Morgan fingerprint density at radius 2 is 1.84 bits per heavy atom. The highest BCUT2D eigenvalue weighted by Crippen LogP contribution is 2.15. The van der Waals surface area contributed by atoms with E-state index in [0.717, 1.165) is 24.0 Å². The first-order valence-electron chi connectivity index (χ1n) is 6.89. The van der Waals surface area contributed by atoms with Gasteiger partial charge in [0.25, 0.3) is 0 Å². The lowest BCUT2D eigenvalue weighted by Gasteiger charge is -2.03. The second-order valence-electron chi connectivity index (χ2n) is 4.61. The maximum absolute atomic E-state index is 10.6. The molecule has 0 spiro atoms. The van der Waals surface area contributed by atoms with Crippen LogP contribution < -0.4 is 0 Å². The van der Waals surface area contributed by atoms with Crippen LogP contribution in [0.15, 0.2) is 48.1 Å². The largest absolute Gasteiger partial charge is 0.478 e. The number of benzene rings is 1. The van der Waals surface area contributed by atoms with Gasteiger partial charge < -0.3 is 5.11 Å². The predicted molar refractivity (Wildman–Crippen MR) is 80.0 cm³/mol. The molecule has 0 aliphatic heterocycles. The average Bonchev–Trinajstić information content (AvgIpc) is 2.41. The third-order valence-corrected chi connectivity index (χ3v) is 2.91. The van der Waals surface area contributed by atoms with Crippen molar-refractivity contribution >= 4 is 12.0 Å². The van der Waals surface area contributed by atoms with Crippen molar-refractivity contribution in [3.63, 3.8) is 0 Å². The second-order valence-corrected chi connectivity index (χ2v) is 4.61. The lowest BCUT2D eigenvalue weighted by molar-refractivity contribution is -0.131. The molecule has 0 radical (unpaired) electrons. The van der Waals surface area contributed by atoms with E-state index >= 15 is 0 Å². The van der Waals surface area contributed by atoms with Crippen LogP contribution in [0.4, 0.5) is 0 Å². The van der Waals surface area contributed by atoms with Crippen LogP contribution in [0.3, 0.4) is 0 Å². The molecule has 1 N–H and O–H groups in total. The molecule has 0 aliphatic carbocycles. The van der Waals surface area contributed by atoms with E-state index < -0.39 is 5.97 Å². The number of unbranched alkanes of at least 4 members (excludes halogenated alkanes) is 3. The molecule has 1 aromatic carbocycles. The topological polar surface area (TPSA) is 37.3 Å². The zero-order valence-electron chi connectivity index (χ0n) is 11.5. The molecule has 1 rings (SSSR count). The fraction of sp³-hybridized carbons (Fsp3) is 0.353. The van der Waals surface area contributed by atoms with Gasteiger partial charge in [0, 0.05) is 6.08 Å². The molecule has 0 aliphatic rings.